The van der Waals surface area contributed by atoms with Gasteiger partial charge in [-0.25, -0.2) is 19.6 Å². The second kappa shape index (κ2) is 9.48. The van der Waals surface area contributed by atoms with Gasteiger partial charge in [-0.3, -0.25) is 4.40 Å². The van der Waals surface area contributed by atoms with Gasteiger partial charge in [-0.15, -0.1) is 0 Å². The van der Waals surface area contributed by atoms with Crippen LogP contribution in [0.4, 0.5) is 9.59 Å². The highest BCUT2D eigenvalue weighted by atomic mass is 16.6. The fourth-order valence-corrected chi connectivity index (χ4v) is 3.43. The normalized spacial score (nSPS) is 14.5. The number of benzene rings is 1. The van der Waals surface area contributed by atoms with Crippen molar-refractivity contribution in [1.29, 1.82) is 0 Å². The third-order valence-corrected chi connectivity index (χ3v) is 5.11. The van der Waals surface area contributed by atoms with Gasteiger partial charge < -0.3 is 20.1 Å². The summed E-state index contributed by atoms with van der Waals surface area (Å²) in [5.41, 5.74) is 1.76. The smallest absolute Gasteiger partial charge is 0.408 e. The van der Waals surface area contributed by atoms with Gasteiger partial charge in [-0.2, -0.15) is 0 Å². The summed E-state index contributed by atoms with van der Waals surface area (Å²) in [6, 6.07) is 11.2. The van der Waals surface area contributed by atoms with E-state index in [1.165, 1.54) is 0 Å². The summed E-state index contributed by atoms with van der Waals surface area (Å²) in [5.74, 6) is 0.825. The molecule has 0 saturated heterocycles. The van der Waals surface area contributed by atoms with E-state index >= 15 is 0 Å². The Morgan fingerprint density at radius 3 is 2.58 bits per heavy atom. The maximum atomic E-state index is 12.4. The molecule has 2 N–H and O–H groups in total. The lowest BCUT2D eigenvalue weighted by atomic mass is 10.1. The van der Waals surface area contributed by atoms with E-state index in [1.54, 1.807) is 10.6 Å². The number of carbonyl (C=O) groups excluding carboxylic acids is 2. The van der Waals surface area contributed by atoms with E-state index in [0.29, 0.717) is 17.4 Å². The summed E-state index contributed by atoms with van der Waals surface area (Å²) in [5, 5.41) is 5.66. The maximum Gasteiger partial charge on any atom is 0.408 e. The number of nitrogens with one attached hydrogen (secondary N) is 2. The lowest BCUT2D eigenvalue weighted by molar-refractivity contribution is 0.0523. The Labute approximate surface area is 192 Å². The Hall–Kier alpha value is -3.62. The number of fused-ring (bicyclic) bond motifs is 1. The molecule has 2 heterocycles. The standard InChI is InChI=1S/C24H29N5O4/c1-24(2,3)33-22(30)25-13-18-14-29-12-11-19(27-21(29)26-18)20(17-9-10-17)28-23(31)32-15-16-7-5-4-6-8-16/h4-8,11-12,14,17,20H,9-10,13,15H2,1-3H3,(H,25,30)(H,28,31). The van der Waals surface area contributed by atoms with Crippen LogP contribution < -0.4 is 10.6 Å². The number of imidazole rings is 1. The number of nitrogens with zero attached hydrogens (tertiary/aromatic N) is 3. The first-order valence-corrected chi connectivity index (χ1v) is 11.1. The number of hydrogen-bond acceptors (Lipinski definition) is 6. The number of ether oxygens (including phenoxy) is 2. The quantitative estimate of drug-likeness (QED) is 0.559. The molecule has 0 spiro atoms. The van der Waals surface area contributed by atoms with Crippen LogP contribution in [0.25, 0.3) is 5.78 Å². The molecule has 2 amide bonds. The van der Waals surface area contributed by atoms with Gasteiger partial charge in [0.05, 0.1) is 24.0 Å². The van der Waals surface area contributed by atoms with Gasteiger partial charge >= 0.3 is 12.2 Å². The van der Waals surface area contributed by atoms with Crippen LogP contribution in [0, 0.1) is 5.92 Å². The van der Waals surface area contributed by atoms with E-state index in [9.17, 15) is 9.59 Å². The van der Waals surface area contributed by atoms with Crippen LogP contribution in [0.5, 0.6) is 0 Å². The summed E-state index contributed by atoms with van der Waals surface area (Å²) < 4.78 is 12.4. The first kappa shape index (κ1) is 22.6. The predicted octanol–water partition coefficient (Wildman–Crippen LogP) is 4.13. The van der Waals surface area contributed by atoms with Crippen LogP contribution in [0.1, 0.15) is 56.6 Å². The topological polar surface area (TPSA) is 107 Å². The van der Waals surface area contributed by atoms with Crippen molar-refractivity contribution in [2.75, 3.05) is 0 Å². The monoisotopic (exact) mass is 451 g/mol. The molecule has 174 valence electrons. The zero-order valence-electron chi connectivity index (χ0n) is 19.1. The second-order valence-corrected chi connectivity index (χ2v) is 9.17. The van der Waals surface area contributed by atoms with Crippen molar-refractivity contribution in [1.82, 2.24) is 25.0 Å². The molecule has 1 fully saturated rings. The van der Waals surface area contributed by atoms with Crippen LogP contribution in [0.2, 0.25) is 0 Å². The van der Waals surface area contributed by atoms with Crippen molar-refractivity contribution in [2.45, 2.75) is 58.4 Å². The molecule has 9 nitrogen and oxygen atoms in total. The summed E-state index contributed by atoms with van der Waals surface area (Å²) in [6.45, 7) is 5.87. The Kier molecular flexibility index (Phi) is 6.48. The molecular formula is C24H29N5O4. The molecule has 3 aromatic rings. The Balaban J connectivity index is 1.39. The molecule has 0 aliphatic heterocycles. The highest BCUT2D eigenvalue weighted by Crippen LogP contribution is 2.40. The van der Waals surface area contributed by atoms with E-state index in [-0.39, 0.29) is 19.2 Å². The average Bonchev–Trinajstić information content (AvgIpc) is 3.52. The van der Waals surface area contributed by atoms with Crippen molar-refractivity contribution >= 4 is 18.0 Å². The maximum absolute atomic E-state index is 12.4. The highest BCUT2D eigenvalue weighted by molar-refractivity contribution is 5.68. The number of hydrogen-bond donors (Lipinski definition) is 2. The molecule has 33 heavy (non-hydrogen) atoms. The fraction of sp³-hybridized carbons (Fsp3) is 0.417. The minimum atomic E-state index is -0.563. The number of aromatic nitrogens is 3. The average molecular weight is 452 g/mol. The molecule has 1 unspecified atom stereocenters. The van der Waals surface area contributed by atoms with Gasteiger partial charge in [0, 0.05) is 12.4 Å². The lowest BCUT2D eigenvalue weighted by Gasteiger charge is -2.19. The van der Waals surface area contributed by atoms with Crippen molar-refractivity contribution in [3.05, 3.63) is 65.7 Å². The van der Waals surface area contributed by atoms with Crippen LogP contribution in [-0.2, 0) is 22.6 Å². The SMILES string of the molecule is CC(C)(C)OC(=O)NCc1cn2ccc(C(NC(=O)OCc3ccccc3)C3CC3)nc2n1. The fourth-order valence-electron chi connectivity index (χ4n) is 3.43. The summed E-state index contributed by atoms with van der Waals surface area (Å²) in [4.78, 5) is 33.4. The minimum Gasteiger partial charge on any atom is -0.445 e. The molecule has 1 saturated carbocycles. The predicted molar refractivity (Wildman–Crippen MR) is 121 cm³/mol. The van der Waals surface area contributed by atoms with Crippen LogP contribution in [0.15, 0.2) is 48.8 Å². The van der Waals surface area contributed by atoms with Crippen molar-refractivity contribution in [3.63, 3.8) is 0 Å². The molecule has 1 aliphatic rings. The Morgan fingerprint density at radius 1 is 1.12 bits per heavy atom. The van der Waals surface area contributed by atoms with Crippen molar-refractivity contribution in [3.8, 4) is 0 Å². The van der Waals surface area contributed by atoms with Crippen molar-refractivity contribution in [2.24, 2.45) is 5.92 Å². The van der Waals surface area contributed by atoms with Gasteiger partial charge in [0.25, 0.3) is 0 Å². The zero-order chi connectivity index (χ0) is 23.4. The van der Waals surface area contributed by atoms with E-state index < -0.39 is 17.8 Å². The third-order valence-electron chi connectivity index (χ3n) is 5.11. The largest absolute Gasteiger partial charge is 0.445 e. The first-order chi connectivity index (χ1) is 15.8. The van der Waals surface area contributed by atoms with E-state index in [1.807, 2.05) is 63.4 Å². The number of alkyl carbamates (subject to hydrolysis) is 2. The van der Waals surface area contributed by atoms with Gasteiger partial charge in [-0.05, 0) is 51.2 Å². The number of rotatable bonds is 7. The summed E-state index contributed by atoms with van der Waals surface area (Å²) in [6.07, 6.45) is 4.74. The van der Waals surface area contributed by atoms with E-state index in [4.69, 9.17) is 9.47 Å². The first-order valence-electron chi connectivity index (χ1n) is 11.1. The highest BCUT2D eigenvalue weighted by Gasteiger charge is 2.35. The van der Waals surface area contributed by atoms with Crippen LogP contribution >= 0.6 is 0 Å². The molecule has 0 radical (unpaired) electrons. The molecule has 2 aromatic heterocycles. The third kappa shape index (κ3) is 6.44. The van der Waals surface area contributed by atoms with Gasteiger partial charge in [0.2, 0.25) is 5.78 Å². The van der Waals surface area contributed by atoms with Crippen molar-refractivity contribution < 1.29 is 19.1 Å². The van der Waals surface area contributed by atoms with Crippen LogP contribution in [-0.4, -0.2) is 32.2 Å². The minimum absolute atomic E-state index is 0.213. The van der Waals surface area contributed by atoms with E-state index in [2.05, 4.69) is 20.6 Å². The number of carbonyl (C=O) groups is 2. The van der Waals surface area contributed by atoms with Gasteiger partial charge in [0.15, 0.2) is 0 Å². The summed E-state index contributed by atoms with van der Waals surface area (Å²) >= 11 is 0. The molecule has 4 rings (SSSR count). The molecule has 1 atom stereocenters. The zero-order valence-corrected chi connectivity index (χ0v) is 19.1. The second-order valence-electron chi connectivity index (χ2n) is 9.17. The summed E-state index contributed by atoms with van der Waals surface area (Å²) in [7, 11) is 0. The molecule has 1 aromatic carbocycles. The molecule has 1 aliphatic carbocycles. The Morgan fingerprint density at radius 2 is 1.88 bits per heavy atom. The molecule has 0 bridgehead atoms. The van der Waals surface area contributed by atoms with Gasteiger partial charge in [-0.1, -0.05) is 30.3 Å². The molecule has 9 heteroatoms. The molecular weight excluding hydrogens is 422 g/mol. The number of amides is 2. The lowest BCUT2D eigenvalue weighted by Crippen LogP contribution is -2.32. The van der Waals surface area contributed by atoms with Crippen LogP contribution in [0.3, 0.4) is 0 Å². The van der Waals surface area contributed by atoms with E-state index in [0.717, 1.165) is 24.1 Å². The Bertz CT molecular complexity index is 1120. The van der Waals surface area contributed by atoms with Gasteiger partial charge in [0.1, 0.15) is 12.2 Å².